The molecule has 0 atom stereocenters. The molecule has 0 unspecified atom stereocenters. The van der Waals surface area contributed by atoms with Crippen LogP contribution in [-0.4, -0.2) is 39.4 Å². The van der Waals surface area contributed by atoms with Crippen LogP contribution >= 0.6 is 0 Å². The average Bonchev–Trinajstić information content (AvgIpc) is 2.98. The maximum atomic E-state index is 12.7. The minimum atomic E-state index is -0.349. The van der Waals surface area contributed by atoms with Crippen molar-refractivity contribution in [3.63, 3.8) is 0 Å². The van der Waals surface area contributed by atoms with E-state index >= 15 is 0 Å². The Kier molecular flexibility index (Phi) is 5.84. The van der Waals surface area contributed by atoms with Gasteiger partial charge in [-0.05, 0) is 37.3 Å². The summed E-state index contributed by atoms with van der Waals surface area (Å²) in [5.74, 6) is 1.82. The summed E-state index contributed by atoms with van der Waals surface area (Å²) < 4.78 is 3.06. The molecule has 0 spiro atoms. The number of aryl methyl sites for hydroxylation is 1. The van der Waals surface area contributed by atoms with Crippen molar-refractivity contribution in [3.8, 4) is 12.3 Å². The Labute approximate surface area is 168 Å². The fourth-order valence-electron chi connectivity index (χ4n) is 3.18. The van der Waals surface area contributed by atoms with Gasteiger partial charge in [-0.1, -0.05) is 24.1 Å². The van der Waals surface area contributed by atoms with E-state index in [1.54, 1.807) is 34.9 Å². The van der Waals surface area contributed by atoms with E-state index in [2.05, 4.69) is 11.2 Å². The number of carbonyl (C=O) groups is 2. The van der Waals surface area contributed by atoms with Crippen LogP contribution in [0.5, 0.6) is 0 Å². The molecule has 2 aromatic carbocycles. The van der Waals surface area contributed by atoms with Crippen LogP contribution in [0.2, 0.25) is 0 Å². The lowest BCUT2D eigenvalue weighted by Crippen LogP contribution is -2.38. The number of hydrogen-bond acceptors (Lipinski definition) is 3. The average molecular weight is 390 g/mol. The van der Waals surface area contributed by atoms with E-state index in [9.17, 15) is 14.4 Å². The van der Waals surface area contributed by atoms with Crippen LogP contribution in [0.3, 0.4) is 0 Å². The number of benzene rings is 2. The number of aromatic nitrogens is 2. The van der Waals surface area contributed by atoms with Gasteiger partial charge in [0.1, 0.15) is 6.54 Å². The maximum absolute atomic E-state index is 12.7. The number of imidazole rings is 1. The zero-order chi connectivity index (χ0) is 21.0. The minimum Gasteiger partial charge on any atom is -0.335 e. The molecule has 2 amide bonds. The van der Waals surface area contributed by atoms with Crippen LogP contribution in [0.15, 0.2) is 53.3 Å². The summed E-state index contributed by atoms with van der Waals surface area (Å²) in [7, 11) is 1.53. The molecule has 3 aromatic rings. The predicted molar refractivity (Wildman–Crippen MR) is 113 cm³/mol. The van der Waals surface area contributed by atoms with Crippen LogP contribution in [0.4, 0.5) is 5.69 Å². The zero-order valence-corrected chi connectivity index (χ0v) is 16.4. The highest BCUT2D eigenvalue weighted by Crippen LogP contribution is 2.13. The lowest BCUT2D eigenvalue weighted by molar-refractivity contribution is -0.133. The molecular formula is C22H22N4O3. The Morgan fingerprint density at radius 2 is 1.79 bits per heavy atom. The van der Waals surface area contributed by atoms with E-state index in [4.69, 9.17) is 6.42 Å². The highest BCUT2D eigenvalue weighted by molar-refractivity contribution is 5.94. The third-order valence-electron chi connectivity index (χ3n) is 4.65. The number of carbonyl (C=O) groups excluding carboxylic acids is 2. The van der Waals surface area contributed by atoms with Crippen molar-refractivity contribution in [1.29, 1.82) is 0 Å². The number of rotatable bonds is 6. The number of terminal acetylenes is 1. The first-order valence-corrected chi connectivity index (χ1v) is 9.23. The molecule has 1 aromatic heterocycles. The Morgan fingerprint density at radius 1 is 1.10 bits per heavy atom. The molecule has 0 bridgehead atoms. The van der Waals surface area contributed by atoms with Gasteiger partial charge in [-0.15, -0.1) is 6.42 Å². The SMILES string of the molecule is C#Cc1cccc(NC(=O)CN(C)C(=O)Cn2c(=O)n(CC)c3ccccc32)c1. The number of para-hydroxylation sites is 2. The number of amides is 2. The van der Waals surface area contributed by atoms with Gasteiger partial charge in [0.25, 0.3) is 0 Å². The van der Waals surface area contributed by atoms with E-state index in [0.717, 1.165) is 5.52 Å². The largest absolute Gasteiger partial charge is 0.335 e. The van der Waals surface area contributed by atoms with Crippen LogP contribution in [0.1, 0.15) is 12.5 Å². The van der Waals surface area contributed by atoms with Gasteiger partial charge in [0.15, 0.2) is 0 Å². The molecule has 3 rings (SSSR count). The molecule has 0 radical (unpaired) electrons. The number of hydrogen-bond donors (Lipinski definition) is 1. The molecular weight excluding hydrogens is 368 g/mol. The van der Waals surface area contributed by atoms with Crippen LogP contribution < -0.4 is 11.0 Å². The summed E-state index contributed by atoms with van der Waals surface area (Å²) in [4.78, 5) is 38.9. The second kappa shape index (κ2) is 8.48. The Balaban J connectivity index is 1.70. The monoisotopic (exact) mass is 390 g/mol. The van der Waals surface area contributed by atoms with E-state index in [0.29, 0.717) is 23.3 Å². The third-order valence-corrected chi connectivity index (χ3v) is 4.65. The highest BCUT2D eigenvalue weighted by Gasteiger charge is 2.18. The molecule has 0 fully saturated rings. The first-order chi connectivity index (χ1) is 13.9. The van der Waals surface area contributed by atoms with Gasteiger partial charge in [0.2, 0.25) is 11.8 Å². The number of nitrogens with zero attached hydrogens (tertiary/aromatic N) is 3. The van der Waals surface area contributed by atoms with Gasteiger partial charge < -0.3 is 10.2 Å². The summed E-state index contributed by atoms with van der Waals surface area (Å²) >= 11 is 0. The number of fused-ring (bicyclic) bond motifs is 1. The highest BCUT2D eigenvalue weighted by atomic mass is 16.2. The number of anilines is 1. The summed E-state index contributed by atoms with van der Waals surface area (Å²) in [6.07, 6.45) is 5.36. The quantitative estimate of drug-likeness (QED) is 0.653. The molecule has 0 saturated carbocycles. The minimum absolute atomic E-state index is 0.136. The smallest absolute Gasteiger partial charge is 0.329 e. The summed E-state index contributed by atoms with van der Waals surface area (Å²) in [5, 5.41) is 2.72. The zero-order valence-electron chi connectivity index (χ0n) is 16.4. The summed E-state index contributed by atoms with van der Waals surface area (Å²) in [5.41, 5.74) is 2.44. The molecule has 7 heteroatoms. The second-order valence-electron chi connectivity index (χ2n) is 6.62. The molecule has 0 aliphatic heterocycles. The van der Waals surface area contributed by atoms with Crippen molar-refractivity contribution < 1.29 is 9.59 Å². The third kappa shape index (κ3) is 4.22. The molecule has 0 saturated heterocycles. The van der Waals surface area contributed by atoms with Crippen LogP contribution in [0, 0.1) is 12.3 Å². The first-order valence-electron chi connectivity index (χ1n) is 9.23. The topological polar surface area (TPSA) is 76.3 Å². The molecule has 29 heavy (non-hydrogen) atoms. The van der Waals surface area contributed by atoms with E-state index < -0.39 is 0 Å². The Hall–Kier alpha value is -3.79. The molecule has 1 heterocycles. The number of nitrogens with one attached hydrogen (secondary N) is 1. The fourth-order valence-corrected chi connectivity index (χ4v) is 3.18. The van der Waals surface area contributed by atoms with Crippen molar-refractivity contribution in [1.82, 2.24) is 14.0 Å². The molecule has 148 valence electrons. The van der Waals surface area contributed by atoms with Crippen LogP contribution in [0.25, 0.3) is 11.0 Å². The Morgan fingerprint density at radius 3 is 2.45 bits per heavy atom. The van der Waals surface area contributed by atoms with Crippen LogP contribution in [-0.2, 0) is 22.7 Å². The van der Waals surface area contributed by atoms with Crippen molar-refractivity contribution >= 4 is 28.5 Å². The van der Waals surface area contributed by atoms with Gasteiger partial charge in [-0.3, -0.25) is 18.7 Å². The number of likely N-dealkylation sites (N-methyl/N-ethyl adjacent to an activating group) is 1. The predicted octanol–water partition coefficient (Wildman–Crippen LogP) is 1.90. The molecule has 7 nitrogen and oxygen atoms in total. The summed E-state index contributed by atoms with van der Waals surface area (Å²) in [6.45, 7) is 2.12. The Bertz CT molecular complexity index is 1170. The molecule has 0 aliphatic carbocycles. The molecule has 0 aliphatic rings. The van der Waals surface area contributed by atoms with Crippen molar-refractivity contribution in [3.05, 3.63) is 64.6 Å². The normalized spacial score (nSPS) is 10.5. The van der Waals surface area contributed by atoms with E-state index in [1.165, 1.54) is 16.5 Å². The summed E-state index contributed by atoms with van der Waals surface area (Å²) in [6, 6.07) is 14.2. The second-order valence-corrected chi connectivity index (χ2v) is 6.62. The van der Waals surface area contributed by atoms with Crippen molar-refractivity contribution in [2.75, 3.05) is 18.9 Å². The van der Waals surface area contributed by atoms with Gasteiger partial charge in [-0.2, -0.15) is 0 Å². The van der Waals surface area contributed by atoms with Gasteiger partial charge in [0, 0.05) is 24.8 Å². The van der Waals surface area contributed by atoms with Crippen molar-refractivity contribution in [2.24, 2.45) is 0 Å². The lowest BCUT2D eigenvalue weighted by Gasteiger charge is -2.17. The van der Waals surface area contributed by atoms with E-state index in [-0.39, 0.29) is 30.6 Å². The van der Waals surface area contributed by atoms with Gasteiger partial charge in [-0.25, -0.2) is 4.79 Å². The van der Waals surface area contributed by atoms with Gasteiger partial charge >= 0.3 is 5.69 Å². The standard InChI is InChI=1S/C22H22N4O3/c1-4-16-9-8-10-17(13-16)23-20(27)14-24(3)21(28)15-26-19-12-7-6-11-18(19)25(5-2)22(26)29/h1,6-13H,5,14-15H2,2-3H3,(H,23,27). The maximum Gasteiger partial charge on any atom is 0.329 e. The first kappa shape index (κ1) is 20.0. The fraction of sp³-hybridized carbons (Fsp3) is 0.227. The lowest BCUT2D eigenvalue weighted by atomic mass is 10.2. The van der Waals surface area contributed by atoms with Crippen molar-refractivity contribution in [2.45, 2.75) is 20.0 Å². The van der Waals surface area contributed by atoms with Gasteiger partial charge in [0.05, 0.1) is 17.6 Å². The van der Waals surface area contributed by atoms with E-state index in [1.807, 2.05) is 25.1 Å². The molecule has 1 N–H and O–H groups in total.